The molecule has 1 saturated heterocycles. The largest absolute Gasteiger partial charge is 0.388 e. The average molecular weight is 289 g/mol. The minimum absolute atomic E-state index is 0.382. The van der Waals surface area contributed by atoms with E-state index in [-0.39, 0.29) is 0 Å². The highest BCUT2D eigenvalue weighted by Gasteiger charge is 2.35. The van der Waals surface area contributed by atoms with E-state index in [1.54, 1.807) is 0 Å². The van der Waals surface area contributed by atoms with Crippen molar-refractivity contribution in [3.05, 3.63) is 24.0 Å². The summed E-state index contributed by atoms with van der Waals surface area (Å²) >= 11 is 5.02. The van der Waals surface area contributed by atoms with Crippen LogP contribution in [0.5, 0.6) is 0 Å². The fourth-order valence-corrected chi connectivity index (χ4v) is 3.90. The number of aromatic nitrogens is 1. The molecule has 2 fully saturated rings. The number of piperidine rings is 1. The van der Waals surface area contributed by atoms with Crippen LogP contribution in [0.25, 0.3) is 0 Å². The van der Waals surface area contributed by atoms with Crippen molar-refractivity contribution in [1.82, 2.24) is 4.98 Å². The van der Waals surface area contributed by atoms with Gasteiger partial charge < -0.3 is 10.6 Å². The zero-order valence-corrected chi connectivity index (χ0v) is 12.8. The van der Waals surface area contributed by atoms with Gasteiger partial charge in [-0.1, -0.05) is 31.5 Å². The smallest absolute Gasteiger partial charge is 0.122 e. The van der Waals surface area contributed by atoms with Crippen LogP contribution < -0.4 is 10.6 Å². The van der Waals surface area contributed by atoms with Crippen molar-refractivity contribution in [2.45, 2.75) is 44.9 Å². The predicted octanol–water partition coefficient (Wildman–Crippen LogP) is 3.27. The molecule has 1 aliphatic carbocycles. The highest BCUT2D eigenvalue weighted by atomic mass is 32.1. The summed E-state index contributed by atoms with van der Waals surface area (Å²) in [6, 6.07) is 4.10. The van der Waals surface area contributed by atoms with E-state index in [1.165, 1.54) is 50.6 Å². The number of pyridine rings is 1. The molecule has 2 heterocycles. The maximum atomic E-state index is 5.67. The molecule has 1 aliphatic heterocycles. The second kappa shape index (κ2) is 5.68. The Balaban J connectivity index is 1.68. The molecule has 1 spiro atoms. The Hall–Kier alpha value is -1.16. The molecule has 0 amide bonds. The quantitative estimate of drug-likeness (QED) is 0.849. The number of nitrogens with two attached hydrogens (primary N) is 1. The molecule has 2 N–H and O–H groups in total. The molecule has 20 heavy (non-hydrogen) atoms. The van der Waals surface area contributed by atoms with E-state index < -0.39 is 0 Å². The van der Waals surface area contributed by atoms with Crippen LogP contribution >= 0.6 is 12.2 Å². The van der Waals surface area contributed by atoms with Crippen LogP contribution in [0.15, 0.2) is 18.3 Å². The Kier molecular flexibility index (Phi) is 3.92. The Morgan fingerprint density at radius 1 is 1.15 bits per heavy atom. The lowest BCUT2D eigenvalue weighted by atomic mass is 9.68. The normalized spacial score (nSPS) is 21.9. The molecule has 1 aromatic rings. The van der Waals surface area contributed by atoms with E-state index in [0.29, 0.717) is 10.4 Å². The van der Waals surface area contributed by atoms with Gasteiger partial charge in [-0.25, -0.2) is 0 Å². The summed E-state index contributed by atoms with van der Waals surface area (Å²) in [4.78, 5) is 7.07. The number of hydrogen-bond acceptors (Lipinski definition) is 3. The van der Waals surface area contributed by atoms with Crippen molar-refractivity contribution >= 4 is 22.9 Å². The zero-order valence-electron chi connectivity index (χ0n) is 12.0. The van der Waals surface area contributed by atoms with Crippen LogP contribution in [-0.4, -0.2) is 23.1 Å². The van der Waals surface area contributed by atoms with Crippen molar-refractivity contribution in [3.63, 3.8) is 0 Å². The molecule has 3 nitrogen and oxygen atoms in total. The highest BCUT2D eigenvalue weighted by Crippen LogP contribution is 2.45. The van der Waals surface area contributed by atoms with Crippen LogP contribution in [-0.2, 0) is 0 Å². The SMILES string of the molecule is NC(=S)c1cc(N2CCC3(CCCCC3)CC2)ccn1. The van der Waals surface area contributed by atoms with Crippen molar-refractivity contribution in [2.75, 3.05) is 18.0 Å². The van der Waals surface area contributed by atoms with Gasteiger partial charge in [-0.2, -0.15) is 0 Å². The average Bonchev–Trinajstić information content (AvgIpc) is 2.49. The first-order chi connectivity index (χ1) is 9.69. The minimum Gasteiger partial charge on any atom is -0.388 e. The molecule has 0 unspecified atom stereocenters. The van der Waals surface area contributed by atoms with E-state index in [2.05, 4.69) is 16.0 Å². The first-order valence-corrected chi connectivity index (χ1v) is 8.10. The predicted molar refractivity (Wildman–Crippen MR) is 87.1 cm³/mol. The molecule has 108 valence electrons. The third-order valence-corrected chi connectivity index (χ3v) is 5.31. The topological polar surface area (TPSA) is 42.1 Å². The Labute approximate surface area is 126 Å². The number of nitrogens with zero attached hydrogens (tertiary/aromatic N) is 2. The zero-order chi connectivity index (χ0) is 14.0. The van der Waals surface area contributed by atoms with E-state index in [9.17, 15) is 0 Å². The minimum atomic E-state index is 0.382. The second-order valence-electron chi connectivity index (χ2n) is 6.31. The Morgan fingerprint density at radius 3 is 2.50 bits per heavy atom. The van der Waals surface area contributed by atoms with Crippen molar-refractivity contribution in [2.24, 2.45) is 11.1 Å². The lowest BCUT2D eigenvalue weighted by Gasteiger charge is -2.45. The molecule has 2 aliphatic rings. The lowest BCUT2D eigenvalue weighted by Crippen LogP contribution is -2.41. The monoisotopic (exact) mass is 289 g/mol. The fraction of sp³-hybridized carbons (Fsp3) is 0.625. The van der Waals surface area contributed by atoms with Gasteiger partial charge in [-0.3, -0.25) is 4.98 Å². The summed E-state index contributed by atoms with van der Waals surface area (Å²) < 4.78 is 0. The van der Waals surface area contributed by atoms with Gasteiger partial charge in [-0.05, 0) is 43.2 Å². The molecule has 1 aromatic heterocycles. The Bertz CT molecular complexity index is 484. The van der Waals surface area contributed by atoms with Gasteiger partial charge in [0.15, 0.2) is 0 Å². The standard InChI is InChI=1S/C16H23N3S/c17-15(20)14-12-13(4-9-18-14)19-10-7-16(8-11-19)5-2-1-3-6-16/h4,9,12H,1-3,5-8,10-11H2,(H2,17,20). The summed E-state index contributed by atoms with van der Waals surface area (Å²) in [7, 11) is 0. The van der Waals surface area contributed by atoms with Crippen LogP contribution in [0.2, 0.25) is 0 Å². The number of thiocarbonyl (C=S) groups is 1. The highest BCUT2D eigenvalue weighted by molar-refractivity contribution is 7.80. The molecule has 1 saturated carbocycles. The Morgan fingerprint density at radius 2 is 1.85 bits per heavy atom. The van der Waals surface area contributed by atoms with Crippen LogP contribution in [0.4, 0.5) is 5.69 Å². The number of rotatable bonds is 2. The van der Waals surface area contributed by atoms with Gasteiger partial charge in [0.05, 0.1) is 5.69 Å². The maximum absolute atomic E-state index is 5.67. The third-order valence-electron chi connectivity index (χ3n) is 5.10. The van der Waals surface area contributed by atoms with Gasteiger partial charge in [0, 0.05) is 25.0 Å². The maximum Gasteiger partial charge on any atom is 0.122 e. The molecule has 0 radical (unpaired) electrons. The summed E-state index contributed by atoms with van der Waals surface area (Å²) in [6.07, 6.45) is 11.7. The molecular formula is C16H23N3S. The third kappa shape index (κ3) is 2.80. The van der Waals surface area contributed by atoms with Gasteiger partial charge in [0.2, 0.25) is 0 Å². The summed E-state index contributed by atoms with van der Waals surface area (Å²) in [5.41, 5.74) is 8.27. The van der Waals surface area contributed by atoms with Crippen LogP contribution in [0.1, 0.15) is 50.6 Å². The van der Waals surface area contributed by atoms with Crippen LogP contribution in [0, 0.1) is 5.41 Å². The molecule has 0 aromatic carbocycles. The molecule has 4 heteroatoms. The van der Waals surface area contributed by atoms with E-state index in [1.807, 2.05) is 12.3 Å². The molecule has 0 bridgehead atoms. The summed E-state index contributed by atoms with van der Waals surface area (Å²) in [5.74, 6) is 0. The van der Waals surface area contributed by atoms with Crippen molar-refractivity contribution in [1.29, 1.82) is 0 Å². The summed E-state index contributed by atoms with van der Waals surface area (Å²) in [5, 5.41) is 0. The number of hydrogen-bond donors (Lipinski definition) is 1. The first kappa shape index (κ1) is 13.8. The van der Waals surface area contributed by atoms with Gasteiger partial charge >= 0.3 is 0 Å². The van der Waals surface area contributed by atoms with E-state index >= 15 is 0 Å². The van der Waals surface area contributed by atoms with Gasteiger partial charge in [-0.15, -0.1) is 0 Å². The van der Waals surface area contributed by atoms with Crippen molar-refractivity contribution in [3.8, 4) is 0 Å². The van der Waals surface area contributed by atoms with Gasteiger partial charge in [0.1, 0.15) is 4.99 Å². The second-order valence-corrected chi connectivity index (χ2v) is 6.75. The summed E-state index contributed by atoms with van der Waals surface area (Å²) in [6.45, 7) is 2.31. The number of anilines is 1. The van der Waals surface area contributed by atoms with E-state index in [0.717, 1.165) is 18.8 Å². The molecular weight excluding hydrogens is 266 g/mol. The van der Waals surface area contributed by atoms with Crippen LogP contribution in [0.3, 0.4) is 0 Å². The van der Waals surface area contributed by atoms with E-state index in [4.69, 9.17) is 18.0 Å². The van der Waals surface area contributed by atoms with Crippen molar-refractivity contribution < 1.29 is 0 Å². The molecule has 3 rings (SSSR count). The lowest BCUT2D eigenvalue weighted by molar-refractivity contribution is 0.144. The first-order valence-electron chi connectivity index (χ1n) is 7.69. The van der Waals surface area contributed by atoms with Gasteiger partial charge in [0.25, 0.3) is 0 Å². The fourth-order valence-electron chi connectivity index (χ4n) is 3.79. The molecule has 0 atom stereocenters.